The van der Waals surface area contributed by atoms with Crippen molar-refractivity contribution < 1.29 is 9.53 Å². The van der Waals surface area contributed by atoms with E-state index in [1.54, 1.807) is 22.7 Å². The van der Waals surface area contributed by atoms with Gasteiger partial charge in [-0.3, -0.25) is 4.79 Å². The molecule has 0 fully saturated rings. The highest BCUT2D eigenvalue weighted by Crippen LogP contribution is 2.42. The van der Waals surface area contributed by atoms with Crippen LogP contribution in [-0.2, 0) is 13.0 Å². The monoisotopic (exact) mass is 341 g/mol. The second-order valence-corrected chi connectivity index (χ2v) is 7.42. The lowest BCUT2D eigenvalue weighted by Crippen LogP contribution is -2.24. The molecule has 0 atom stereocenters. The molecular formula is C18H15NO2S2. The SMILES string of the molecule is O=C(NCCc1cccs1)c1cc2c(s1)-c1ccccc1OC2. The van der Waals surface area contributed by atoms with Gasteiger partial charge < -0.3 is 10.1 Å². The molecule has 0 radical (unpaired) electrons. The summed E-state index contributed by atoms with van der Waals surface area (Å²) in [6, 6.07) is 14.1. The second kappa shape index (κ2) is 6.18. The van der Waals surface area contributed by atoms with Gasteiger partial charge >= 0.3 is 0 Å². The van der Waals surface area contributed by atoms with Crippen molar-refractivity contribution in [1.29, 1.82) is 0 Å². The second-order valence-electron chi connectivity index (χ2n) is 5.34. The first kappa shape index (κ1) is 14.5. The van der Waals surface area contributed by atoms with Gasteiger partial charge in [-0.15, -0.1) is 22.7 Å². The van der Waals surface area contributed by atoms with Crippen LogP contribution < -0.4 is 10.1 Å². The summed E-state index contributed by atoms with van der Waals surface area (Å²) in [7, 11) is 0. The largest absolute Gasteiger partial charge is 0.488 e. The van der Waals surface area contributed by atoms with Gasteiger partial charge in [0.1, 0.15) is 12.4 Å². The van der Waals surface area contributed by atoms with Crippen LogP contribution in [0.15, 0.2) is 47.8 Å². The molecule has 0 saturated heterocycles. The van der Waals surface area contributed by atoms with E-state index in [1.807, 2.05) is 36.4 Å². The van der Waals surface area contributed by atoms with Crippen molar-refractivity contribution in [2.24, 2.45) is 0 Å². The summed E-state index contributed by atoms with van der Waals surface area (Å²) in [5.74, 6) is 0.893. The molecule has 0 aliphatic carbocycles. The lowest BCUT2D eigenvalue weighted by Gasteiger charge is -2.16. The third-order valence-electron chi connectivity index (χ3n) is 3.78. The van der Waals surface area contributed by atoms with Crippen LogP contribution in [-0.4, -0.2) is 12.5 Å². The lowest BCUT2D eigenvalue weighted by atomic mass is 10.1. The van der Waals surface area contributed by atoms with E-state index in [0.717, 1.165) is 33.1 Å². The standard InChI is InChI=1S/C18H15NO2S2/c20-18(19-8-7-13-4-3-9-22-13)16-10-12-11-21-15-6-2-1-5-14(15)17(12)23-16/h1-6,9-10H,7-8,11H2,(H,19,20). The van der Waals surface area contributed by atoms with Crippen molar-refractivity contribution in [3.05, 3.63) is 63.2 Å². The first-order valence-corrected chi connectivity index (χ1v) is 9.16. The highest BCUT2D eigenvalue weighted by molar-refractivity contribution is 7.17. The maximum absolute atomic E-state index is 12.4. The smallest absolute Gasteiger partial charge is 0.261 e. The molecule has 4 rings (SSSR count). The number of amides is 1. The zero-order chi connectivity index (χ0) is 15.6. The quantitative estimate of drug-likeness (QED) is 0.766. The summed E-state index contributed by atoms with van der Waals surface area (Å²) in [5, 5.41) is 5.07. The molecule has 1 amide bonds. The van der Waals surface area contributed by atoms with Gasteiger partial charge in [0.25, 0.3) is 5.91 Å². The maximum atomic E-state index is 12.4. The number of nitrogens with one attached hydrogen (secondary N) is 1. The fraction of sp³-hybridized carbons (Fsp3) is 0.167. The van der Waals surface area contributed by atoms with E-state index < -0.39 is 0 Å². The average molecular weight is 341 g/mol. The Bertz CT molecular complexity index is 837. The third-order valence-corrected chi connectivity index (χ3v) is 5.93. The number of fused-ring (bicyclic) bond motifs is 3. The highest BCUT2D eigenvalue weighted by atomic mass is 32.1. The van der Waals surface area contributed by atoms with Crippen LogP contribution in [0.4, 0.5) is 0 Å². The van der Waals surface area contributed by atoms with Crippen LogP contribution in [0.2, 0.25) is 0 Å². The molecular weight excluding hydrogens is 326 g/mol. The molecule has 0 unspecified atom stereocenters. The van der Waals surface area contributed by atoms with Crippen LogP contribution in [0.3, 0.4) is 0 Å². The van der Waals surface area contributed by atoms with E-state index in [-0.39, 0.29) is 5.91 Å². The molecule has 1 aliphatic heterocycles. The molecule has 0 saturated carbocycles. The predicted octanol–water partition coefficient (Wildman–Crippen LogP) is 4.34. The summed E-state index contributed by atoms with van der Waals surface area (Å²) in [6.45, 7) is 1.19. The number of hydrogen-bond donors (Lipinski definition) is 1. The molecule has 0 spiro atoms. The normalized spacial score (nSPS) is 12.2. The molecule has 3 heterocycles. The zero-order valence-electron chi connectivity index (χ0n) is 12.4. The molecule has 3 aromatic rings. The van der Waals surface area contributed by atoms with Gasteiger partial charge in [-0.1, -0.05) is 18.2 Å². The molecule has 1 aromatic carbocycles. The van der Waals surface area contributed by atoms with Gasteiger partial charge in [-0.25, -0.2) is 0 Å². The van der Waals surface area contributed by atoms with Crippen LogP contribution in [0.25, 0.3) is 10.4 Å². The fourth-order valence-electron chi connectivity index (χ4n) is 2.65. The van der Waals surface area contributed by atoms with Gasteiger partial charge in [-0.2, -0.15) is 0 Å². The minimum absolute atomic E-state index is 0.00145. The van der Waals surface area contributed by atoms with Crippen molar-refractivity contribution >= 4 is 28.6 Å². The Labute approximate surface area is 142 Å². The molecule has 1 aliphatic rings. The van der Waals surface area contributed by atoms with Crippen molar-refractivity contribution in [3.63, 3.8) is 0 Å². The summed E-state index contributed by atoms with van der Waals surface area (Å²) in [6.07, 6.45) is 0.875. The van der Waals surface area contributed by atoms with E-state index in [2.05, 4.69) is 16.8 Å². The highest BCUT2D eigenvalue weighted by Gasteiger charge is 2.22. The third kappa shape index (κ3) is 2.90. The van der Waals surface area contributed by atoms with Crippen LogP contribution in [0.5, 0.6) is 5.75 Å². The van der Waals surface area contributed by atoms with E-state index in [0.29, 0.717) is 13.2 Å². The lowest BCUT2D eigenvalue weighted by molar-refractivity contribution is 0.0958. The summed E-state index contributed by atoms with van der Waals surface area (Å²) in [5.41, 5.74) is 2.17. The molecule has 23 heavy (non-hydrogen) atoms. The Morgan fingerprint density at radius 2 is 2.13 bits per heavy atom. The number of hydrogen-bond acceptors (Lipinski definition) is 4. The Morgan fingerprint density at radius 1 is 1.22 bits per heavy atom. The minimum atomic E-state index is -0.00145. The number of ether oxygens (including phenoxy) is 1. The molecule has 5 heteroatoms. The van der Waals surface area contributed by atoms with Gasteiger partial charge in [0.2, 0.25) is 0 Å². The number of carbonyl (C=O) groups is 1. The van der Waals surface area contributed by atoms with Gasteiger partial charge in [0.15, 0.2) is 0 Å². The average Bonchev–Trinajstić information content (AvgIpc) is 3.24. The first-order chi connectivity index (χ1) is 11.3. The molecule has 0 bridgehead atoms. The number of para-hydroxylation sites is 1. The van der Waals surface area contributed by atoms with Crippen molar-refractivity contribution in [2.75, 3.05) is 6.54 Å². The summed E-state index contributed by atoms with van der Waals surface area (Å²) in [4.78, 5) is 15.6. The zero-order valence-corrected chi connectivity index (χ0v) is 14.0. The van der Waals surface area contributed by atoms with Crippen LogP contribution >= 0.6 is 22.7 Å². The summed E-state index contributed by atoms with van der Waals surface area (Å²) >= 11 is 3.26. The number of carbonyl (C=O) groups excluding carboxylic acids is 1. The number of rotatable bonds is 4. The maximum Gasteiger partial charge on any atom is 0.261 e. The fourth-order valence-corrected chi connectivity index (χ4v) is 4.48. The van der Waals surface area contributed by atoms with Crippen molar-refractivity contribution in [1.82, 2.24) is 5.32 Å². The van der Waals surface area contributed by atoms with Crippen molar-refractivity contribution in [3.8, 4) is 16.2 Å². The van der Waals surface area contributed by atoms with Crippen LogP contribution in [0, 0.1) is 0 Å². The van der Waals surface area contributed by atoms with Crippen LogP contribution in [0.1, 0.15) is 20.1 Å². The predicted molar refractivity (Wildman–Crippen MR) is 94.4 cm³/mol. The Kier molecular flexibility index (Phi) is 3.89. The van der Waals surface area contributed by atoms with E-state index >= 15 is 0 Å². The van der Waals surface area contributed by atoms with Gasteiger partial charge in [0.05, 0.1) is 4.88 Å². The van der Waals surface area contributed by atoms with Gasteiger partial charge in [0, 0.05) is 27.4 Å². The van der Waals surface area contributed by atoms with Gasteiger partial charge in [-0.05, 0) is 36.1 Å². The van der Waals surface area contributed by atoms with E-state index in [1.165, 1.54) is 4.88 Å². The Morgan fingerprint density at radius 3 is 3.00 bits per heavy atom. The summed E-state index contributed by atoms with van der Waals surface area (Å²) < 4.78 is 5.75. The Hall–Kier alpha value is -2.11. The Balaban J connectivity index is 1.48. The minimum Gasteiger partial charge on any atom is -0.488 e. The first-order valence-electron chi connectivity index (χ1n) is 7.47. The van der Waals surface area contributed by atoms with E-state index in [4.69, 9.17) is 4.74 Å². The molecule has 2 aromatic heterocycles. The van der Waals surface area contributed by atoms with Crippen molar-refractivity contribution in [2.45, 2.75) is 13.0 Å². The topological polar surface area (TPSA) is 38.3 Å². The number of benzene rings is 1. The molecule has 116 valence electrons. The molecule has 3 nitrogen and oxygen atoms in total. The van der Waals surface area contributed by atoms with E-state index in [9.17, 15) is 4.79 Å². The molecule has 1 N–H and O–H groups in total. The number of thiophene rings is 2.